The predicted molar refractivity (Wildman–Crippen MR) is 51.7 cm³/mol. The number of pyridine rings is 1. The molecule has 1 heterocycles. The summed E-state index contributed by atoms with van der Waals surface area (Å²) in [6.07, 6.45) is 2.67. The van der Waals surface area contributed by atoms with Crippen molar-refractivity contribution in [1.82, 2.24) is 10.4 Å². The van der Waals surface area contributed by atoms with Crippen LogP contribution in [0.2, 0.25) is 0 Å². The van der Waals surface area contributed by atoms with Gasteiger partial charge in [0.15, 0.2) is 10.9 Å². The molecule has 1 aromatic heterocycles. The number of hydrazone groups is 1. The molecule has 6 heteroatoms. The van der Waals surface area contributed by atoms with Crippen molar-refractivity contribution in [2.24, 2.45) is 10.8 Å². The first kappa shape index (κ1) is 9.53. The van der Waals surface area contributed by atoms with Crippen LogP contribution in [0.3, 0.4) is 0 Å². The van der Waals surface area contributed by atoms with Crippen LogP contribution in [0.4, 0.5) is 4.39 Å². The van der Waals surface area contributed by atoms with E-state index in [-0.39, 0.29) is 10.8 Å². The lowest BCUT2D eigenvalue weighted by Gasteiger charge is -1.94. The molecule has 13 heavy (non-hydrogen) atoms. The Balaban J connectivity index is 2.68. The van der Waals surface area contributed by atoms with Gasteiger partial charge in [-0.25, -0.2) is 4.39 Å². The van der Waals surface area contributed by atoms with E-state index in [4.69, 9.17) is 5.73 Å². The highest BCUT2D eigenvalue weighted by atomic mass is 32.1. The highest BCUT2D eigenvalue weighted by Crippen LogP contribution is 1.98. The van der Waals surface area contributed by atoms with E-state index in [1.165, 1.54) is 24.5 Å². The summed E-state index contributed by atoms with van der Waals surface area (Å²) in [4.78, 5) is 3.73. The smallest absolute Gasteiger partial charge is 0.184 e. The van der Waals surface area contributed by atoms with Crippen molar-refractivity contribution in [1.29, 1.82) is 0 Å². The Morgan fingerprint density at radius 2 is 2.54 bits per heavy atom. The molecule has 0 unspecified atom stereocenters. The second kappa shape index (κ2) is 4.46. The summed E-state index contributed by atoms with van der Waals surface area (Å²) in [7, 11) is 0. The Morgan fingerprint density at radius 3 is 3.15 bits per heavy atom. The molecule has 0 atom stereocenters. The molecule has 4 nitrogen and oxygen atoms in total. The number of nitrogens with two attached hydrogens (primary N) is 1. The Morgan fingerprint density at radius 1 is 1.77 bits per heavy atom. The van der Waals surface area contributed by atoms with Gasteiger partial charge in [-0.15, -0.1) is 0 Å². The minimum atomic E-state index is -0.448. The Hall–Kier alpha value is -1.56. The lowest BCUT2D eigenvalue weighted by atomic mass is 10.3. The number of aromatic nitrogens is 1. The van der Waals surface area contributed by atoms with Gasteiger partial charge in [0.25, 0.3) is 0 Å². The van der Waals surface area contributed by atoms with Crippen molar-refractivity contribution in [3.8, 4) is 0 Å². The molecule has 3 N–H and O–H groups in total. The lowest BCUT2D eigenvalue weighted by Crippen LogP contribution is -2.24. The zero-order valence-corrected chi connectivity index (χ0v) is 7.38. The van der Waals surface area contributed by atoms with E-state index in [2.05, 4.69) is 27.7 Å². The number of thiocarbonyl (C=S) groups is 1. The topological polar surface area (TPSA) is 63.3 Å². The number of hydrogen-bond donors (Lipinski definition) is 2. The van der Waals surface area contributed by atoms with E-state index in [0.717, 1.165) is 0 Å². The second-order valence-electron chi connectivity index (χ2n) is 2.10. The number of hydrogen-bond acceptors (Lipinski definition) is 3. The molecule has 68 valence electrons. The largest absolute Gasteiger partial charge is 0.375 e. The predicted octanol–water partition coefficient (Wildman–Crippen LogP) is 0.388. The summed E-state index contributed by atoms with van der Waals surface area (Å²) >= 11 is 4.48. The number of nitrogens with zero attached hydrogens (tertiary/aromatic N) is 2. The van der Waals surface area contributed by atoms with Gasteiger partial charge in [-0.2, -0.15) is 5.10 Å². The first-order valence-electron chi connectivity index (χ1n) is 3.39. The van der Waals surface area contributed by atoms with E-state index < -0.39 is 5.82 Å². The van der Waals surface area contributed by atoms with E-state index in [0.29, 0.717) is 0 Å². The van der Waals surface area contributed by atoms with Crippen LogP contribution in [-0.4, -0.2) is 16.3 Å². The van der Waals surface area contributed by atoms with Gasteiger partial charge in [0.2, 0.25) is 0 Å². The first-order valence-corrected chi connectivity index (χ1v) is 3.80. The zero-order valence-electron chi connectivity index (χ0n) is 6.57. The molecule has 0 aliphatic rings. The fourth-order valence-electron chi connectivity index (χ4n) is 0.650. The minimum absolute atomic E-state index is 0.0209. The van der Waals surface area contributed by atoms with Crippen LogP contribution in [0.5, 0.6) is 0 Å². The molecule has 0 bridgehead atoms. The highest BCUT2D eigenvalue weighted by Gasteiger charge is 1.96. The zero-order chi connectivity index (χ0) is 9.68. The van der Waals surface area contributed by atoms with Crippen LogP contribution in [0, 0.1) is 5.82 Å². The van der Waals surface area contributed by atoms with E-state index in [1.54, 1.807) is 0 Å². The minimum Gasteiger partial charge on any atom is -0.375 e. The lowest BCUT2D eigenvalue weighted by molar-refractivity contribution is 0.619. The standard InChI is InChI=1S/C7H7FN4S/c8-5-2-1-3-10-6(5)4-11-12-7(9)13/h1-4H,(H3,9,12,13)/b11-4-. The number of rotatable bonds is 2. The molecule has 1 aromatic rings. The van der Waals surface area contributed by atoms with Crippen molar-refractivity contribution >= 4 is 23.5 Å². The van der Waals surface area contributed by atoms with Gasteiger partial charge in [0, 0.05) is 6.20 Å². The molecule has 0 amide bonds. The van der Waals surface area contributed by atoms with Gasteiger partial charge in [0.1, 0.15) is 5.69 Å². The highest BCUT2D eigenvalue weighted by molar-refractivity contribution is 7.80. The monoisotopic (exact) mass is 198 g/mol. The van der Waals surface area contributed by atoms with Crippen molar-refractivity contribution in [3.63, 3.8) is 0 Å². The summed E-state index contributed by atoms with van der Waals surface area (Å²) in [5.74, 6) is -0.448. The Labute approximate surface area is 79.7 Å². The maximum absolute atomic E-state index is 12.9. The molecule has 0 aliphatic carbocycles. The molecule has 0 fully saturated rings. The molecule has 0 radical (unpaired) electrons. The summed E-state index contributed by atoms with van der Waals surface area (Å²) in [5, 5.41) is 3.58. The third-order valence-corrected chi connectivity index (χ3v) is 1.24. The maximum Gasteiger partial charge on any atom is 0.184 e. The molecule has 0 spiro atoms. The van der Waals surface area contributed by atoms with Crippen LogP contribution < -0.4 is 11.2 Å². The van der Waals surface area contributed by atoms with Gasteiger partial charge in [-0.05, 0) is 24.4 Å². The third-order valence-electron chi connectivity index (χ3n) is 1.15. The normalized spacial score (nSPS) is 10.2. The summed E-state index contributed by atoms with van der Waals surface area (Å²) in [5.41, 5.74) is 7.51. The molecule has 0 aromatic carbocycles. The Bertz CT molecular complexity index is 339. The molecule has 0 saturated carbocycles. The molecule has 0 saturated heterocycles. The van der Waals surface area contributed by atoms with Crippen molar-refractivity contribution in [3.05, 3.63) is 29.8 Å². The summed E-state index contributed by atoms with van der Waals surface area (Å²) < 4.78 is 12.9. The number of halogens is 1. The first-order chi connectivity index (χ1) is 6.20. The van der Waals surface area contributed by atoms with Gasteiger partial charge in [-0.3, -0.25) is 10.4 Å². The van der Waals surface area contributed by atoms with Gasteiger partial charge in [-0.1, -0.05) is 0 Å². The van der Waals surface area contributed by atoms with E-state index in [9.17, 15) is 4.39 Å². The van der Waals surface area contributed by atoms with Crippen LogP contribution in [0.1, 0.15) is 5.69 Å². The van der Waals surface area contributed by atoms with Gasteiger partial charge in [0.05, 0.1) is 6.21 Å². The van der Waals surface area contributed by atoms with E-state index >= 15 is 0 Å². The van der Waals surface area contributed by atoms with Crippen LogP contribution in [0.15, 0.2) is 23.4 Å². The summed E-state index contributed by atoms with van der Waals surface area (Å²) in [6.45, 7) is 0. The van der Waals surface area contributed by atoms with Crippen LogP contribution in [-0.2, 0) is 0 Å². The average molecular weight is 198 g/mol. The van der Waals surface area contributed by atoms with E-state index in [1.807, 2.05) is 0 Å². The van der Waals surface area contributed by atoms with Crippen molar-refractivity contribution in [2.75, 3.05) is 0 Å². The molecular formula is C7H7FN4S. The van der Waals surface area contributed by atoms with Crippen LogP contribution >= 0.6 is 12.2 Å². The fourth-order valence-corrected chi connectivity index (χ4v) is 0.703. The third kappa shape index (κ3) is 3.12. The Kier molecular flexibility index (Phi) is 3.27. The van der Waals surface area contributed by atoms with Crippen LogP contribution in [0.25, 0.3) is 0 Å². The van der Waals surface area contributed by atoms with Crippen molar-refractivity contribution < 1.29 is 4.39 Å². The van der Waals surface area contributed by atoms with Gasteiger partial charge >= 0.3 is 0 Å². The molecule has 0 aliphatic heterocycles. The second-order valence-corrected chi connectivity index (χ2v) is 2.54. The number of nitrogens with one attached hydrogen (secondary N) is 1. The van der Waals surface area contributed by atoms with Crippen molar-refractivity contribution in [2.45, 2.75) is 0 Å². The summed E-state index contributed by atoms with van der Waals surface area (Å²) in [6, 6.07) is 2.78. The average Bonchev–Trinajstić information content (AvgIpc) is 2.08. The molecular weight excluding hydrogens is 191 g/mol. The molecule has 1 rings (SSSR count). The van der Waals surface area contributed by atoms with Gasteiger partial charge < -0.3 is 5.73 Å². The fraction of sp³-hybridized carbons (Fsp3) is 0. The SMILES string of the molecule is NC(=S)N/N=C\c1ncccc1F. The quantitative estimate of drug-likeness (QED) is 0.410. The maximum atomic E-state index is 12.9.